The topological polar surface area (TPSA) is 63.7 Å². The Morgan fingerprint density at radius 3 is 2.89 bits per heavy atom. The van der Waals surface area contributed by atoms with E-state index < -0.39 is 0 Å². The first-order valence-electron chi connectivity index (χ1n) is 6.28. The van der Waals surface area contributed by atoms with Crippen LogP contribution in [0, 0.1) is 0 Å². The number of carbonyl (C=O) groups is 1. The molecule has 0 radical (unpaired) electrons. The summed E-state index contributed by atoms with van der Waals surface area (Å²) in [5, 5.41) is 3.17. The van der Waals surface area contributed by atoms with E-state index >= 15 is 0 Å². The van der Waals surface area contributed by atoms with E-state index in [0.717, 1.165) is 5.82 Å². The zero-order chi connectivity index (χ0) is 13.7. The molecule has 2 heterocycles. The van der Waals surface area contributed by atoms with Crippen LogP contribution in [0.15, 0.2) is 18.3 Å². The van der Waals surface area contributed by atoms with Gasteiger partial charge in [0, 0.05) is 26.8 Å². The van der Waals surface area contributed by atoms with Crippen LogP contribution in [-0.2, 0) is 9.47 Å². The normalized spacial score (nSPS) is 18.9. The van der Waals surface area contributed by atoms with Gasteiger partial charge in [-0.05, 0) is 12.1 Å². The Kier molecular flexibility index (Phi) is 4.70. The predicted molar refractivity (Wildman–Crippen MR) is 71.3 cm³/mol. The maximum Gasteiger partial charge on any atom is 0.254 e. The van der Waals surface area contributed by atoms with Gasteiger partial charge in [-0.2, -0.15) is 0 Å². The van der Waals surface area contributed by atoms with Gasteiger partial charge in [0.25, 0.3) is 5.91 Å². The summed E-state index contributed by atoms with van der Waals surface area (Å²) in [5.41, 5.74) is 0.577. The molecule has 1 fully saturated rings. The van der Waals surface area contributed by atoms with Gasteiger partial charge < -0.3 is 19.7 Å². The Bertz CT molecular complexity index is 414. The van der Waals surface area contributed by atoms with Crippen molar-refractivity contribution in [2.45, 2.75) is 6.10 Å². The Balaban J connectivity index is 1.86. The van der Waals surface area contributed by atoms with E-state index in [4.69, 9.17) is 9.47 Å². The van der Waals surface area contributed by atoms with Crippen LogP contribution in [0.5, 0.6) is 0 Å². The minimum Gasteiger partial charge on any atom is -0.376 e. The van der Waals surface area contributed by atoms with Crippen LogP contribution in [-0.4, -0.2) is 62.4 Å². The number of hydrogen-bond acceptors (Lipinski definition) is 5. The van der Waals surface area contributed by atoms with Crippen LogP contribution in [0.2, 0.25) is 0 Å². The van der Waals surface area contributed by atoms with Crippen molar-refractivity contribution in [1.29, 1.82) is 0 Å². The lowest BCUT2D eigenvalue weighted by molar-refractivity contribution is -0.0819. The second kappa shape index (κ2) is 6.49. The first-order valence-corrected chi connectivity index (χ1v) is 6.28. The minimum atomic E-state index is -0.0527. The summed E-state index contributed by atoms with van der Waals surface area (Å²) in [7, 11) is 3.43. The number of anilines is 1. The summed E-state index contributed by atoms with van der Waals surface area (Å²) >= 11 is 0. The molecule has 1 unspecified atom stereocenters. The lowest BCUT2D eigenvalue weighted by Crippen LogP contribution is -2.34. The standard InChI is InChI=1S/C13H19N3O3/c1-16(2)13(17)10-3-4-12(14-7-10)15-8-11-9-18-5-6-19-11/h3-4,7,11H,5-6,8-9H2,1-2H3,(H,14,15). The number of carbonyl (C=O) groups excluding carboxylic acids is 1. The van der Waals surface area contributed by atoms with Crippen molar-refractivity contribution in [2.24, 2.45) is 0 Å². The second-order valence-electron chi connectivity index (χ2n) is 4.58. The molecule has 2 rings (SSSR count). The van der Waals surface area contributed by atoms with E-state index in [9.17, 15) is 4.79 Å². The molecule has 1 saturated heterocycles. The zero-order valence-corrected chi connectivity index (χ0v) is 11.3. The van der Waals surface area contributed by atoms with Gasteiger partial charge in [-0.3, -0.25) is 4.79 Å². The first kappa shape index (κ1) is 13.8. The average Bonchev–Trinajstić information content (AvgIpc) is 2.46. The Morgan fingerprint density at radius 1 is 1.47 bits per heavy atom. The van der Waals surface area contributed by atoms with Crippen molar-refractivity contribution in [1.82, 2.24) is 9.88 Å². The van der Waals surface area contributed by atoms with E-state index in [1.54, 1.807) is 32.4 Å². The summed E-state index contributed by atoms with van der Waals surface area (Å²) in [6, 6.07) is 3.55. The van der Waals surface area contributed by atoms with Crippen molar-refractivity contribution in [2.75, 3.05) is 45.8 Å². The van der Waals surface area contributed by atoms with Gasteiger partial charge in [0.15, 0.2) is 0 Å². The van der Waals surface area contributed by atoms with E-state index in [1.165, 1.54) is 4.90 Å². The van der Waals surface area contributed by atoms with Gasteiger partial charge in [0.05, 0.1) is 31.5 Å². The molecular weight excluding hydrogens is 246 g/mol. The predicted octanol–water partition coefficient (Wildman–Crippen LogP) is 0.611. The van der Waals surface area contributed by atoms with Crippen LogP contribution in [0.25, 0.3) is 0 Å². The molecule has 6 heteroatoms. The highest BCUT2D eigenvalue weighted by molar-refractivity contribution is 5.93. The average molecular weight is 265 g/mol. The van der Waals surface area contributed by atoms with Crippen LogP contribution in [0.3, 0.4) is 0 Å². The van der Waals surface area contributed by atoms with Crippen LogP contribution in [0.1, 0.15) is 10.4 Å². The van der Waals surface area contributed by atoms with Crippen LogP contribution >= 0.6 is 0 Å². The molecule has 1 aliphatic rings. The second-order valence-corrected chi connectivity index (χ2v) is 4.58. The molecular formula is C13H19N3O3. The molecule has 1 amide bonds. The van der Waals surface area contributed by atoms with Crippen molar-refractivity contribution in [3.8, 4) is 0 Å². The third-order valence-corrected chi connectivity index (χ3v) is 2.81. The largest absolute Gasteiger partial charge is 0.376 e. The summed E-state index contributed by atoms with van der Waals surface area (Å²) in [6.07, 6.45) is 1.63. The fourth-order valence-corrected chi connectivity index (χ4v) is 1.76. The van der Waals surface area contributed by atoms with Gasteiger partial charge in [-0.15, -0.1) is 0 Å². The lowest BCUT2D eigenvalue weighted by Gasteiger charge is -2.23. The third kappa shape index (κ3) is 3.90. The smallest absolute Gasteiger partial charge is 0.254 e. The molecule has 0 saturated carbocycles. The minimum absolute atomic E-state index is 0.0527. The van der Waals surface area contributed by atoms with Crippen LogP contribution in [0.4, 0.5) is 5.82 Å². The van der Waals surface area contributed by atoms with Gasteiger partial charge in [0.1, 0.15) is 5.82 Å². The maximum atomic E-state index is 11.7. The lowest BCUT2D eigenvalue weighted by atomic mass is 10.2. The van der Waals surface area contributed by atoms with E-state index in [1.807, 2.05) is 0 Å². The van der Waals surface area contributed by atoms with Crippen LogP contribution < -0.4 is 5.32 Å². The summed E-state index contributed by atoms with van der Waals surface area (Å²) in [6.45, 7) is 2.55. The molecule has 104 valence electrons. The Labute approximate surface area is 112 Å². The van der Waals surface area contributed by atoms with Gasteiger partial charge in [-0.25, -0.2) is 4.98 Å². The van der Waals surface area contributed by atoms with Crippen molar-refractivity contribution < 1.29 is 14.3 Å². The number of pyridine rings is 1. The number of amides is 1. The molecule has 1 aromatic rings. The van der Waals surface area contributed by atoms with E-state index in [0.29, 0.717) is 31.9 Å². The van der Waals surface area contributed by atoms with E-state index in [2.05, 4.69) is 10.3 Å². The number of nitrogens with zero attached hydrogens (tertiary/aromatic N) is 2. The van der Waals surface area contributed by atoms with Crippen molar-refractivity contribution in [3.63, 3.8) is 0 Å². The van der Waals surface area contributed by atoms with E-state index in [-0.39, 0.29) is 12.0 Å². The van der Waals surface area contributed by atoms with Gasteiger partial charge in [-0.1, -0.05) is 0 Å². The molecule has 19 heavy (non-hydrogen) atoms. The fraction of sp³-hybridized carbons (Fsp3) is 0.538. The number of hydrogen-bond donors (Lipinski definition) is 1. The monoisotopic (exact) mass is 265 g/mol. The molecule has 0 bridgehead atoms. The summed E-state index contributed by atoms with van der Waals surface area (Å²) in [4.78, 5) is 17.4. The third-order valence-electron chi connectivity index (χ3n) is 2.81. The van der Waals surface area contributed by atoms with Crippen molar-refractivity contribution >= 4 is 11.7 Å². The molecule has 1 aliphatic heterocycles. The SMILES string of the molecule is CN(C)C(=O)c1ccc(NCC2COCCO2)nc1. The van der Waals surface area contributed by atoms with Gasteiger partial charge in [0.2, 0.25) is 0 Å². The molecule has 6 nitrogen and oxygen atoms in total. The fourth-order valence-electron chi connectivity index (χ4n) is 1.76. The first-order chi connectivity index (χ1) is 9.16. The number of ether oxygens (including phenoxy) is 2. The Hall–Kier alpha value is -1.66. The highest BCUT2D eigenvalue weighted by Crippen LogP contribution is 2.08. The molecule has 0 aromatic carbocycles. The molecule has 1 N–H and O–H groups in total. The number of nitrogens with one attached hydrogen (secondary N) is 1. The molecule has 1 atom stereocenters. The molecule has 0 spiro atoms. The van der Waals surface area contributed by atoms with Gasteiger partial charge >= 0.3 is 0 Å². The summed E-state index contributed by atoms with van der Waals surface area (Å²) < 4.78 is 10.8. The Morgan fingerprint density at radius 2 is 2.32 bits per heavy atom. The molecule has 1 aromatic heterocycles. The molecule has 0 aliphatic carbocycles. The zero-order valence-electron chi connectivity index (χ0n) is 11.3. The quantitative estimate of drug-likeness (QED) is 0.864. The summed E-state index contributed by atoms with van der Waals surface area (Å²) in [5.74, 6) is 0.674. The highest BCUT2D eigenvalue weighted by Gasteiger charge is 2.14. The number of aromatic nitrogens is 1. The van der Waals surface area contributed by atoms with Crippen molar-refractivity contribution in [3.05, 3.63) is 23.9 Å². The maximum absolute atomic E-state index is 11.7. The number of rotatable bonds is 4. The highest BCUT2D eigenvalue weighted by atomic mass is 16.6.